The Morgan fingerprint density at radius 1 is 1.03 bits per heavy atom. The topological polar surface area (TPSA) is 70.3 Å². The number of hydrogen-bond acceptors (Lipinski definition) is 4. The van der Waals surface area contributed by atoms with Gasteiger partial charge in [-0.05, 0) is 40.2 Å². The van der Waals surface area contributed by atoms with Gasteiger partial charge in [-0.2, -0.15) is 5.26 Å². The Morgan fingerprint density at radius 2 is 1.57 bits per heavy atom. The molecule has 0 aliphatic rings. The molecule has 1 N–H and O–H groups in total. The molecular weight excluding hydrogens is 374 g/mol. The molecule has 2 aromatic rings. The maximum atomic E-state index is 12.4. The number of hydrogen-bond donors (Lipinski definition) is 1. The van der Waals surface area contributed by atoms with Gasteiger partial charge in [0.1, 0.15) is 17.4 Å². The molecule has 30 heavy (non-hydrogen) atoms. The van der Waals surface area contributed by atoms with Crippen LogP contribution in [0.4, 0.5) is 0 Å². The summed E-state index contributed by atoms with van der Waals surface area (Å²) in [7, 11) is 0. The Hall–Kier alpha value is -3.06. The van der Waals surface area contributed by atoms with Crippen LogP contribution in [0.15, 0.2) is 48.0 Å². The number of phenols is 1. The van der Waals surface area contributed by atoms with Crippen molar-refractivity contribution in [3.8, 4) is 11.8 Å². The molecule has 0 spiro atoms. The molecule has 0 saturated carbocycles. The van der Waals surface area contributed by atoms with Crippen LogP contribution in [0.3, 0.4) is 0 Å². The highest BCUT2D eigenvalue weighted by molar-refractivity contribution is 5.98. The molecule has 0 aliphatic heterocycles. The van der Waals surface area contributed by atoms with Crippen molar-refractivity contribution in [1.29, 1.82) is 5.26 Å². The largest absolute Gasteiger partial charge is 0.507 e. The summed E-state index contributed by atoms with van der Waals surface area (Å²) in [6, 6.07) is 15.3. The van der Waals surface area contributed by atoms with E-state index >= 15 is 0 Å². The second-order valence-corrected chi connectivity index (χ2v) is 9.51. The maximum absolute atomic E-state index is 12.4. The zero-order valence-corrected chi connectivity index (χ0v) is 18.7. The molecule has 0 aromatic heterocycles. The number of nitrogens with zero attached hydrogens (tertiary/aromatic N) is 1. The first-order chi connectivity index (χ1) is 13.9. The van der Waals surface area contributed by atoms with Gasteiger partial charge >= 0.3 is 5.97 Å². The number of esters is 1. The van der Waals surface area contributed by atoms with Gasteiger partial charge in [0.2, 0.25) is 0 Å². The average molecular weight is 406 g/mol. The van der Waals surface area contributed by atoms with Gasteiger partial charge < -0.3 is 9.84 Å². The number of carbonyl (C=O) groups is 1. The standard InChI is InChI=1S/C26H31NO3/c1-25(2,3)21-15-19(16-22(23(21)28)26(4,5)6)14-20(17-27)24(29)30-13-12-18-10-8-7-9-11-18/h7-11,14-16,28H,12-13H2,1-6H3. The normalized spacial score (nSPS) is 12.4. The molecule has 0 atom stereocenters. The second-order valence-electron chi connectivity index (χ2n) is 9.51. The minimum atomic E-state index is -0.642. The lowest BCUT2D eigenvalue weighted by atomic mass is 9.78. The summed E-state index contributed by atoms with van der Waals surface area (Å²) >= 11 is 0. The molecule has 0 saturated heterocycles. The molecule has 0 amide bonds. The lowest BCUT2D eigenvalue weighted by Crippen LogP contribution is -2.17. The van der Waals surface area contributed by atoms with Crippen molar-refractivity contribution in [2.24, 2.45) is 0 Å². The van der Waals surface area contributed by atoms with Gasteiger partial charge in [0.25, 0.3) is 0 Å². The summed E-state index contributed by atoms with van der Waals surface area (Å²) in [6.45, 7) is 12.3. The minimum absolute atomic E-state index is 0.0616. The summed E-state index contributed by atoms with van der Waals surface area (Å²) in [6.07, 6.45) is 2.13. The third kappa shape index (κ3) is 5.97. The van der Waals surface area contributed by atoms with E-state index in [-0.39, 0.29) is 28.8 Å². The first kappa shape index (κ1) is 23.2. The first-order valence-electron chi connectivity index (χ1n) is 10.1. The van der Waals surface area contributed by atoms with Crippen LogP contribution < -0.4 is 0 Å². The number of ether oxygens (including phenoxy) is 1. The third-order valence-electron chi connectivity index (χ3n) is 4.87. The van der Waals surface area contributed by atoms with Gasteiger partial charge in [0.15, 0.2) is 0 Å². The number of carbonyl (C=O) groups excluding carboxylic acids is 1. The Kier molecular flexibility index (Phi) is 7.10. The van der Waals surface area contributed by atoms with Crippen LogP contribution >= 0.6 is 0 Å². The molecular formula is C26H31NO3. The minimum Gasteiger partial charge on any atom is -0.507 e. The summed E-state index contributed by atoms with van der Waals surface area (Å²) in [5, 5.41) is 20.4. The van der Waals surface area contributed by atoms with Crippen LogP contribution in [-0.4, -0.2) is 17.7 Å². The first-order valence-corrected chi connectivity index (χ1v) is 10.1. The fourth-order valence-electron chi connectivity index (χ4n) is 3.17. The van der Waals surface area contributed by atoms with E-state index in [1.165, 1.54) is 6.08 Å². The quantitative estimate of drug-likeness (QED) is 0.395. The highest BCUT2D eigenvalue weighted by Gasteiger charge is 2.26. The van der Waals surface area contributed by atoms with Crippen LogP contribution in [0.2, 0.25) is 0 Å². The summed E-state index contributed by atoms with van der Waals surface area (Å²) in [4.78, 5) is 12.4. The fourth-order valence-corrected chi connectivity index (χ4v) is 3.17. The van der Waals surface area contributed by atoms with Crippen molar-refractivity contribution >= 4 is 12.0 Å². The van der Waals surface area contributed by atoms with E-state index in [9.17, 15) is 15.2 Å². The molecule has 2 rings (SSSR count). The van der Waals surface area contributed by atoms with E-state index in [0.29, 0.717) is 12.0 Å². The van der Waals surface area contributed by atoms with Gasteiger partial charge in [0.05, 0.1) is 6.61 Å². The highest BCUT2D eigenvalue weighted by atomic mass is 16.5. The second kappa shape index (κ2) is 9.17. The molecule has 0 fully saturated rings. The monoisotopic (exact) mass is 405 g/mol. The number of aromatic hydroxyl groups is 1. The van der Waals surface area contributed by atoms with E-state index in [2.05, 4.69) is 0 Å². The van der Waals surface area contributed by atoms with Crippen molar-refractivity contribution < 1.29 is 14.6 Å². The van der Waals surface area contributed by atoms with Crippen LogP contribution in [0, 0.1) is 11.3 Å². The Balaban J connectivity index is 2.31. The lowest BCUT2D eigenvalue weighted by Gasteiger charge is -2.27. The lowest BCUT2D eigenvalue weighted by molar-refractivity contribution is -0.138. The van der Waals surface area contributed by atoms with Crippen molar-refractivity contribution in [2.75, 3.05) is 6.61 Å². The fraction of sp³-hybridized carbons (Fsp3) is 0.385. The van der Waals surface area contributed by atoms with Crippen LogP contribution in [0.1, 0.15) is 63.8 Å². The predicted octanol–water partition coefficient (Wildman–Crippen LogP) is 5.68. The van der Waals surface area contributed by atoms with E-state index in [1.54, 1.807) is 0 Å². The zero-order chi connectivity index (χ0) is 22.5. The predicted molar refractivity (Wildman–Crippen MR) is 120 cm³/mol. The SMILES string of the molecule is CC(C)(C)c1cc(C=C(C#N)C(=O)OCCc2ccccc2)cc(C(C)(C)C)c1O. The number of benzene rings is 2. The van der Waals surface area contributed by atoms with Gasteiger partial charge in [-0.1, -0.05) is 71.9 Å². The summed E-state index contributed by atoms with van der Waals surface area (Å²) < 4.78 is 5.31. The Bertz CT molecular complexity index is 933. The van der Waals surface area contributed by atoms with Crippen molar-refractivity contribution in [3.05, 3.63) is 70.3 Å². The average Bonchev–Trinajstić information content (AvgIpc) is 2.66. The molecule has 0 aliphatic carbocycles. The van der Waals surface area contributed by atoms with Crippen LogP contribution in [0.5, 0.6) is 5.75 Å². The maximum Gasteiger partial charge on any atom is 0.348 e. The molecule has 0 unspecified atom stereocenters. The van der Waals surface area contributed by atoms with Gasteiger partial charge in [-0.25, -0.2) is 4.79 Å². The Labute approximate surface area is 179 Å². The molecule has 4 heteroatoms. The summed E-state index contributed by atoms with van der Waals surface area (Å²) in [5.41, 5.74) is 2.66. The molecule has 4 nitrogen and oxygen atoms in total. The highest BCUT2D eigenvalue weighted by Crippen LogP contribution is 2.40. The number of nitriles is 1. The van der Waals surface area contributed by atoms with Crippen LogP contribution in [0.25, 0.3) is 6.08 Å². The molecule has 2 aromatic carbocycles. The molecule has 0 radical (unpaired) electrons. The van der Waals surface area contributed by atoms with Crippen molar-refractivity contribution in [1.82, 2.24) is 0 Å². The molecule has 158 valence electrons. The van der Waals surface area contributed by atoms with Gasteiger partial charge in [-0.3, -0.25) is 0 Å². The molecule has 0 heterocycles. The summed E-state index contributed by atoms with van der Waals surface area (Å²) in [5.74, 6) is -0.382. The van der Waals surface area contributed by atoms with Crippen molar-refractivity contribution in [3.63, 3.8) is 0 Å². The van der Waals surface area contributed by atoms with E-state index < -0.39 is 5.97 Å². The molecule has 0 bridgehead atoms. The smallest absolute Gasteiger partial charge is 0.348 e. The van der Waals surface area contributed by atoms with E-state index in [4.69, 9.17) is 4.74 Å². The Morgan fingerprint density at radius 3 is 2.03 bits per heavy atom. The van der Waals surface area contributed by atoms with Gasteiger partial charge in [0, 0.05) is 17.5 Å². The number of rotatable bonds is 5. The third-order valence-corrected chi connectivity index (χ3v) is 4.87. The van der Waals surface area contributed by atoms with Gasteiger partial charge in [-0.15, -0.1) is 0 Å². The zero-order valence-electron chi connectivity index (χ0n) is 18.7. The van der Waals surface area contributed by atoms with E-state index in [0.717, 1.165) is 16.7 Å². The van der Waals surface area contributed by atoms with E-state index in [1.807, 2.05) is 90.1 Å². The van der Waals surface area contributed by atoms with Crippen LogP contribution in [-0.2, 0) is 26.8 Å². The van der Waals surface area contributed by atoms with Crippen molar-refractivity contribution in [2.45, 2.75) is 58.8 Å². The number of phenolic OH excluding ortho intramolecular Hbond substituents is 1.